The number of aromatic nitrogens is 3. The molecule has 1 heterocycles. The van der Waals surface area contributed by atoms with Crippen molar-refractivity contribution in [3.05, 3.63) is 6.20 Å². The highest BCUT2D eigenvalue weighted by Gasteiger charge is 2.21. The first-order chi connectivity index (χ1) is 4.84. The molecule has 11 heavy (non-hydrogen) atoms. The van der Waals surface area contributed by atoms with Crippen molar-refractivity contribution in [1.82, 2.24) is 15.0 Å². The molecule has 0 bridgehead atoms. The molecule has 0 aromatic carbocycles. The normalized spacial score (nSPS) is 16.0. The highest BCUT2D eigenvalue weighted by atomic mass is 35.5. The van der Waals surface area contributed by atoms with Gasteiger partial charge in [0, 0.05) is 6.54 Å². The van der Waals surface area contributed by atoms with E-state index in [9.17, 15) is 0 Å². The fraction of sp³-hybridized carbons (Fsp3) is 0.667. The zero-order chi connectivity index (χ0) is 6.97. The van der Waals surface area contributed by atoms with Gasteiger partial charge in [-0.05, 0) is 18.8 Å². The van der Waals surface area contributed by atoms with E-state index in [1.165, 1.54) is 12.8 Å². The van der Waals surface area contributed by atoms with Crippen LogP contribution < -0.4 is 5.73 Å². The molecular formula is C6H11ClN4. The van der Waals surface area contributed by atoms with Crippen LogP contribution in [0, 0.1) is 5.92 Å². The van der Waals surface area contributed by atoms with Crippen molar-refractivity contribution >= 4 is 18.2 Å². The number of rotatable bonds is 2. The molecule has 1 aromatic rings. The molecule has 0 atom stereocenters. The predicted molar refractivity (Wildman–Crippen MR) is 44.4 cm³/mol. The van der Waals surface area contributed by atoms with Crippen LogP contribution in [0.25, 0.3) is 0 Å². The zero-order valence-corrected chi connectivity index (χ0v) is 6.92. The highest BCUT2D eigenvalue weighted by Crippen LogP contribution is 2.30. The first-order valence-corrected chi connectivity index (χ1v) is 3.50. The number of nitrogens with two attached hydrogens (primary N) is 1. The molecule has 1 saturated carbocycles. The van der Waals surface area contributed by atoms with Gasteiger partial charge in [-0.2, -0.15) is 0 Å². The van der Waals surface area contributed by atoms with E-state index in [1.807, 2.05) is 4.68 Å². The van der Waals surface area contributed by atoms with E-state index < -0.39 is 0 Å². The molecule has 1 aliphatic carbocycles. The molecule has 0 aliphatic heterocycles. The summed E-state index contributed by atoms with van der Waals surface area (Å²) in [5.74, 6) is 1.35. The van der Waals surface area contributed by atoms with Crippen LogP contribution in [-0.2, 0) is 6.54 Å². The molecule has 1 aromatic heterocycles. The van der Waals surface area contributed by atoms with E-state index in [1.54, 1.807) is 6.20 Å². The molecule has 4 nitrogen and oxygen atoms in total. The standard InChI is InChI=1S/C6H10N4.ClH/c7-6-4-10(9-8-6)3-5-1-2-5;/h4-5H,1-3,7H2;1H. The van der Waals surface area contributed by atoms with Crippen LogP contribution in [0.4, 0.5) is 5.82 Å². The van der Waals surface area contributed by atoms with Gasteiger partial charge < -0.3 is 5.73 Å². The van der Waals surface area contributed by atoms with Crippen LogP contribution in [0.2, 0.25) is 0 Å². The lowest BCUT2D eigenvalue weighted by Crippen LogP contribution is -1.99. The van der Waals surface area contributed by atoms with Gasteiger partial charge in [-0.3, -0.25) is 4.68 Å². The molecule has 0 radical (unpaired) electrons. The van der Waals surface area contributed by atoms with Gasteiger partial charge in [-0.15, -0.1) is 17.5 Å². The van der Waals surface area contributed by atoms with Crippen LogP contribution >= 0.6 is 12.4 Å². The van der Waals surface area contributed by atoms with Crippen LogP contribution in [0.3, 0.4) is 0 Å². The lowest BCUT2D eigenvalue weighted by atomic mass is 10.4. The van der Waals surface area contributed by atoms with Crippen molar-refractivity contribution in [2.24, 2.45) is 5.92 Å². The van der Waals surface area contributed by atoms with Gasteiger partial charge in [0.2, 0.25) is 0 Å². The van der Waals surface area contributed by atoms with E-state index in [0.29, 0.717) is 5.82 Å². The second-order valence-electron chi connectivity index (χ2n) is 2.81. The first kappa shape index (κ1) is 8.33. The summed E-state index contributed by atoms with van der Waals surface area (Å²) in [6, 6.07) is 0. The minimum Gasteiger partial charge on any atom is -0.381 e. The summed E-state index contributed by atoms with van der Waals surface area (Å²) in [5.41, 5.74) is 5.38. The summed E-state index contributed by atoms with van der Waals surface area (Å²) in [7, 11) is 0. The Labute approximate surface area is 71.2 Å². The number of hydrogen-bond acceptors (Lipinski definition) is 3. The molecule has 62 valence electrons. The van der Waals surface area contributed by atoms with Crippen LogP contribution in [-0.4, -0.2) is 15.0 Å². The van der Waals surface area contributed by atoms with Crippen molar-refractivity contribution in [3.63, 3.8) is 0 Å². The van der Waals surface area contributed by atoms with Gasteiger partial charge in [0.25, 0.3) is 0 Å². The Bertz CT molecular complexity index is 230. The molecule has 0 amide bonds. The van der Waals surface area contributed by atoms with E-state index >= 15 is 0 Å². The maximum absolute atomic E-state index is 5.38. The van der Waals surface area contributed by atoms with Gasteiger partial charge in [-0.1, -0.05) is 5.21 Å². The molecule has 1 aliphatic rings. The molecular weight excluding hydrogens is 164 g/mol. The Morgan fingerprint density at radius 1 is 1.64 bits per heavy atom. The van der Waals surface area contributed by atoms with E-state index in [2.05, 4.69) is 10.3 Å². The smallest absolute Gasteiger partial charge is 0.165 e. The van der Waals surface area contributed by atoms with Gasteiger partial charge in [0.05, 0.1) is 6.20 Å². The third kappa shape index (κ3) is 2.08. The summed E-state index contributed by atoms with van der Waals surface area (Å²) in [5, 5.41) is 7.53. The Hall–Kier alpha value is -0.770. The molecule has 0 saturated heterocycles. The SMILES string of the molecule is Cl.Nc1cn(CC2CC2)nn1. The Morgan fingerprint density at radius 2 is 2.36 bits per heavy atom. The largest absolute Gasteiger partial charge is 0.381 e. The van der Waals surface area contributed by atoms with Gasteiger partial charge in [0.15, 0.2) is 5.82 Å². The average Bonchev–Trinajstić information content (AvgIpc) is 2.59. The Morgan fingerprint density at radius 3 is 2.82 bits per heavy atom. The van der Waals surface area contributed by atoms with Crippen molar-refractivity contribution in [3.8, 4) is 0 Å². The molecule has 2 rings (SSSR count). The fourth-order valence-corrected chi connectivity index (χ4v) is 0.968. The summed E-state index contributed by atoms with van der Waals surface area (Å²) in [4.78, 5) is 0. The lowest BCUT2D eigenvalue weighted by Gasteiger charge is -1.93. The number of anilines is 1. The van der Waals surface area contributed by atoms with Crippen molar-refractivity contribution in [2.45, 2.75) is 19.4 Å². The maximum Gasteiger partial charge on any atom is 0.165 e. The van der Waals surface area contributed by atoms with E-state index in [4.69, 9.17) is 5.73 Å². The number of hydrogen-bond donors (Lipinski definition) is 1. The number of nitrogen functional groups attached to an aromatic ring is 1. The minimum atomic E-state index is 0. The Kier molecular flexibility index (Phi) is 2.34. The summed E-state index contributed by atoms with van der Waals surface area (Å²) >= 11 is 0. The topological polar surface area (TPSA) is 56.7 Å². The monoisotopic (exact) mass is 174 g/mol. The summed E-state index contributed by atoms with van der Waals surface area (Å²) < 4.78 is 1.81. The third-order valence-electron chi connectivity index (χ3n) is 1.70. The maximum atomic E-state index is 5.38. The zero-order valence-electron chi connectivity index (χ0n) is 6.10. The number of halogens is 1. The number of nitrogens with zero attached hydrogens (tertiary/aromatic N) is 3. The summed E-state index contributed by atoms with van der Waals surface area (Å²) in [6.07, 6.45) is 4.44. The molecule has 0 spiro atoms. The lowest BCUT2D eigenvalue weighted by molar-refractivity contribution is 0.544. The van der Waals surface area contributed by atoms with E-state index in [-0.39, 0.29) is 12.4 Å². The predicted octanol–water partition coefficient (Wildman–Crippen LogP) is 0.692. The quantitative estimate of drug-likeness (QED) is 0.718. The first-order valence-electron chi connectivity index (χ1n) is 3.50. The molecule has 1 fully saturated rings. The van der Waals surface area contributed by atoms with Crippen LogP contribution in [0.5, 0.6) is 0 Å². The summed E-state index contributed by atoms with van der Waals surface area (Å²) in [6.45, 7) is 0.990. The van der Waals surface area contributed by atoms with Crippen LogP contribution in [0.15, 0.2) is 6.20 Å². The second kappa shape index (κ2) is 3.09. The van der Waals surface area contributed by atoms with Gasteiger partial charge in [0.1, 0.15) is 0 Å². The fourth-order valence-electron chi connectivity index (χ4n) is 0.968. The molecule has 5 heteroatoms. The Balaban J connectivity index is 0.000000605. The second-order valence-corrected chi connectivity index (χ2v) is 2.81. The van der Waals surface area contributed by atoms with Crippen molar-refractivity contribution in [1.29, 1.82) is 0 Å². The van der Waals surface area contributed by atoms with Crippen molar-refractivity contribution < 1.29 is 0 Å². The van der Waals surface area contributed by atoms with E-state index in [0.717, 1.165) is 12.5 Å². The minimum absolute atomic E-state index is 0. The molecule has 0 unspecified atom stereocenters. The molecule has 2 N–H and O–H groups in total. The highest BCUT2D eigenvalue weighted by molar-refractivity contribution is 5.85. The average molecular weight is 175 g/mol. The third-order valence-corrected chi connectivity index (χ3v) is 1.70. The van der Waals surface area contributed by atoms with Crippen LogP contribution in [0.1, 0.15) is 12.8 Å². The van der Waals surface area contributed by atoms with Gasteiger partial charge >= 0.3 is 0 Å². The van der Waals surface area contributed by atoms with Crippen molar-refractivity contribution in [2.75, 3.05) is 5.73 Å². The van der Waals surface area contributed by atoms with Gasteiger partial charge in [-0.25, -0.2) is 0 Å².